The molecule has 0 radical (unpaired) electrons. The van der Waals surface area contributed by atoms with E-state index in [0.29, 0.717) is 17.3 Å². The average molecular weight is 315 g/mol. The molecule has 0 bridgehead atoms. The van der Waals surface area contributed by atoms with Gasteiger partial charge < -0.3 is 10.5 Å². The Morgan fingerprint density at radius 3 is 2.77 bits per heavy atom. The fraction of sp³-hybridized carbons (Fsp3) is 0.125. The number of aromatic nitrogens is 3. The van der Waals surface area contributed by atoms with Crippen LogP contribution in [0.1, 0.15) is 5.69 Å². The molecule has 0 aliphatic carbocycles. The molecule has 0 spiro atoms. The Labute approximate surface area is 133 Å². The van der Waals surface area contributed by atoms with E-state index in [4.69, 9.17) is 22.1 Å². The summed E-state index contributed by atoms with van der Waals surface area (Å²) in [4.78, 5) is 4.16. The summed E-state index contributed by atoms with van der Waals surface area (Å²) in [5.41, 5.74) is 9.23. The molecule has 22 heavy (non-hydrogen) atoms. The molecule has 0 aliphatic rings. The number of methoxy groups -OCH3 is 1. The lowest BCUT2D eigenvalue weighted by Gasteiger charge is -2.09. The first-order chi connectivity index (χ1) is 10.7. The van der Waals surface area contributed by atoms with E-state index >= 15 is 0 Å². The van der Waals surface area contributed by atoms with E-state index in [0.717, 1.165) is 22.6 Å². The lowest BCUT2D eigenvalue weighted by atomic mass is 10.2. The monoisotopic (exact) mass is 314 g/mol. The minimum absolute atomic E-state index is 0.365. The minimum Gasteiger partial charge on any atom is -0.495 e. The molecule has 2 heterocycles. The van der Waals surface area contributed by atoms with E-state index in [1.165, 1.54) is 0 Å². The number of pyridine rings is 1. The van der Waals surface area contributed by atoms with Crippen LogP contribution in [0.2, 0.25) is 5.02 Å². The van der Waals surface area contributed by atoms with Crippen LogP contribution >= 0.6 is 11.6 Å². The van der Waals surface area contributed by atoms with Crippen LogP contribution in [0.4, 0.5) is 0 Å². The highest BCUT2D eigenvalue weighted by molar-refractivity contribution is 6.32. The summed E-state index contributed by atoms with van der Waals surface area (Å²) in [5.74, 6) is 0.625. The molecule has 3 rings (SSSR count). The molecule has 3 aromatic rings. The summed E-state index contributed by atoms with van der Waals surface area (Å²) in [6.07, 6.45) is 3.53. The molecule has 6 heteroatoms. The number of rotatable bonds is 4. The van der Waals surface area contributed by atoms with Gasteiger partial charge in [0.1, 0.15) is 5.75 Å². The summed E-state index contributed by atoms with van der Waals surface area (Å²) < 4.78 is 7.00. The van der Waals surface area contributed by atoms with Crippen LogP contribution < -0.4 is 10.5 Å². The molecule has 112 valence electrons. The lowest BCUT2D eigenvalue weighted by Crippen LogP contribution is -2.02. The van der Waals surface area contributed by atoms with Crippen LogP contribution in [0.5, 0.6) is 5.75 Å². The Morgan fingerprint density at radius 2 is 2.14 bits per heavy atom. The van der Waals surface area contributed by atoms with Crippen LogP contribution in [0.3, 0.4) is 0 Å². The maximum atomic E-state index is 6.22. The Kier molecular flexibility index (Phi) is 4.09. The molecule has 5 nitrogen and oxygen atoms in total. The number of nitrogens with two attached hydrogens (primary N) is 1. The molecule has 0 saturated heterocycles. The second kappa shape index (κ2) is 6.17. The van der Waals surface area contributed by atoms with Gasteiger partial charge in [-0.05, 0) is 36.4 Å². The maximum Gasteiger partial charge on any atom is 0.137 e. The number of hydrogen-bond acceptors (Lipinski definition) is 4. The highest BCUT2D eigenvalue weighted by Gasteiger charge is 2.12. The Balaban J connectivity index is 2.14. The van der Waals surface area contributed by atoms with Crippen molar-refractivity contribution in [2.24, 2.45) is 5.73 Å². The van der Waals surface area contributed by atoms with Crippen molar-refractivity contribution in [2.75, 3.05) is 7.11 Å². The van der Waals surface area contributed by atoms with E-state index in [2.05, 4.69) is 10.1 Å². The third-order valence-corrected chi connectivity index (χ3v) is 3.60. The van der Waals surface area contributed by atoms with Crippen LogP contribution in [0.25, 0.3) is 16.9 Å². The quantitative estimate of drug-likeness (QED) is 0.803. The van der Waals surface area contributed by atoms with Crippen molar-refractivity contribution >= 4 is 11.6 Å². The first kappa shape index (κ1) is 14.6. The predicted molar refractivity (Wildman–Crippen MR) is 86.2 cm³/mol. The Hall–Kier alpha value is -2.37. The molecule has 0 unspecified atom stereocenters. The number of ether oxygens (including phenoxy) is 1. The second-order valence-corrected chi connectivity index (χ2v) is 5.10. The summed E-state index contributed by atoms with van der Waals surface area (Å²) in [7, 11) is 1.59. The van der Waals surface area contributed by atoms with Crippen molar-refractivity contribution in [1.82, 2.24) is 14.8 Å². The normalized spacial score (nSPS) is 10.7. The molecule has 0 amide bonds. The van der Waals surface area contributed by atoms with Gasteiger partial charge in [0.05, 0.1) is 29.2 Å². The van der Waals surface area contributed by atoms with Crippen molar-refractivity contribution in [3.05, 3.63) is 59.5 Å². The van der Waals surface area contributed by atoms with E-state index in [-0.39, 0.29) is 0 Å². The molecule has 2 aromatic heterocycles. The number of halogens is 1. The van der Waals surface area contributed by atoms with Crippen LogP contribution in [0, 0.1) is 0 Å². The van der Waals surface area contributed by atoms with Gasteiger partial charge in [-0.2, -0.15) is 5.10 Å². The van der Waals surface area contributed by atoms with Crippen molar-refractivity contribution in [3.63, 3.8) is 0 Å². The molecule has 2 N–H and O–H groups in total. The van der Waals surface area contributed by atoms with Gasteiger partial charge in [0.15, 0.2) is 0 Å². The van der Waals surface area contributed by atoms with Crippen molar-refractivity contribution in [3.8, 4) is 22.7 Å². The summed E-state index contributed by atoms with van der Waals surface area (Å²) in [6, 6.07) is 11.3. The predicted octanol–water partition coefficient (Wildman–Crippen LogP) is 3.06. The van der Waals surface area contributed by atoms with Crippen molar-refractivity contribution in [2.45, 2.75) is 6.54 Å². The van der Waals surface area contributed by atoms with E-state index in [1.807, 2.05) is 41.1 Å². The third-order valence-electron chi connectivity index (χ3n) is 3.31. The number of benzene rings is 1. The van der Waals surface area contributed by atoms with Crippen LogP contribution in [-0.2, 0) is 6.54 Å². The third kappa shape index (κ3) is 2.68. The molecule has 0 saturated carbocycles. The zero-order valence-corrected chi connectivity index (χ0v) is 12.8. The van der Waals surface area contributed by atoms with Gasteiger partial charge in [-0.25, -0.2) is 4.68 Å². The largest absolute Gasteiger partial charge is 0.495 e. The fourth-order valence-corrected chi connectivity index (χ4v) is 2.49. The average Bonchev–Trinajstić information content (AvgIpc) is 3.00. The molecule has 0 atom stereocenters. The fourth-order valence-electron chi connectivity index (χ4n) is 2.23. The van der Waals surface area contributed by atoms with Crippen LogP contribution in [0.15, 0.2) is 48.8 Å². The first-order valence-corrected chi connectivity index (χ1v) is 7.14. The smallest absolute Gasteiger partial charge is 0.137 e. The molecular formula is C16H15ClN4O. The highest BCUT2D eigenvalue weighted by Crippen LogP contribution is 2.29. The van der Waals surface area contributed by atoms with Gasteiger partial charge in [-0.15, -0.1) is 0 Å². The summed E-state index contributed by atoms with van der Waals surface area (Å²) >= 11 is 6.22. The maximum absolute atomic E-state index is 6.22. The molecule has 0 fully saturated rings. The Morgan fingerprint density at radius 1 is 1.27 bits per heavy atom. The van der Waals surface area contributed by atoms with Crippen LogP contribution in [-0.4, -0.2) is 21.9 Å². The van der Waals surface area contributed by atoms with Gasteiger partial charge in [-0.3, -0.25) is 4.98 Å². The zero-order chi connectivity index (χ0) is 15.5. The molecular weight excluding hydrogens is 300 g/mol. The molecule has 1 aromatic carbocycles. The summed E-state index contributed by atoms with van der Waals surface area (Å²) in [5, 5.41) is 5.07. The lowest BCUT2D eigenvalue weighted by molar-refractivity contribution is 0.415. The van der Waals surface area contributed by atoms with Gasteiger partial charge >= 0.3 is 0 Å². The summed E-state index contributed by atoms with van der Waals surface area (Å²) in [6.45, 7) is 0.365. The van der Waals surface area contributed by atoms with Gasteiger partial charge in [0.25, 0.3) is 0 Å². The highest BCUT2D eigenvalue weighted by atomic mass is 35.5. The van der Waals surface area contributed by atoms with Gasteiger partial charge in [0, 0.05) is 24.5 Å². The second-order valence-electron chi connectivity index (χ2n) is 4.70. The zero-order valence-electron chi connectivity index (χ0n) is 12.0. The van der Waals surface area contributed by atoms with Crippen molar-refractivity contribution < 1.29 is 4.74 Å². The Bertz CT molecular complexity index is 786. The van der Waals surface area contributed by atoms with Crippen molar-refractivity contribution in [1.29, 1.82) is 0 Å². The van der Waals surface area contributed by atoms with E-state index < -0.39 is 0 Å². The van der Waals surface area contributed by atoms with Gasteiger partial charge in [0.2, 0.25) is 0 Å². The minimum atomic E-state index is 0.365. The van der Waals surface area contributed by atoms with E-state index in [9.17, 15) is 0 Å². The standard InChI is InChI=1S/C16H15ClN4O/c1-22-16-5-4-13(8-14(16)17)21-15(7-12(9-18)20-21)11-3-2-6-19-10-11/h2-8,10H,9,18H2,1H3. The first-order valence-electron chi connectivity index (χ1n) is 6.76. The topological polar surface area (TPSA) is 66.0 Å². The number of nitrogens with zero attached hydrogens (tertiary/aromatic N) is 3. The SMILES string of the molecule is COc1ccc(-n2nc(CN)cc2-c2cccnc2)cc1Cl. The number of hydrogen-bond donors (Lipinski definition) is 1. The van der Waals surface area contributed by atoms with Gasteiger partial charge in [-0.1, -0.05) is 11.6 Å². The molecule has 0 aliphatic heterocycles. The van der Waals surface area contributed by atoms with E-state index in [1.54, 1.807) is 19.5 Å².